The van der Waals surface area contributed by atoms with Gasteiger partial charge in [0, 0.05) is 16.6 Å². The third-order valence-corrected chi connectivity index (χ3v) is 5.08. The number of rotatable bonds is 4. The van der Waals surface area contributed by atoms with Crippen molar-refractivity contribution in [2.75, 3.05) is 6.54 Å². The van der Waals surface area contributed by atoms with Gasteiger partial charge in [0.05, 0.1) is 6.54 Å². The van der Waals surface area contributed by atoms with Crippen molar-refractivity contribution in [2.24, 2.45) is 0 Å². The smallest absolute Gasteiger partial charge is 0.247 e. The van der Waals surface area contributed by atoms with E-state index >= 15 is 0 Å². The lowest BCUT2D eigenvalue weighted by Crippen LogP contribution is -2.23. The van der Waals surface area contributed by atoms with Crippen molar-refractivity contribution in [3.8, 4) is 11.5 Å². The van der Waals surface area contributed by atoms with Crippen LogP contribution in [0.25, 0.3) is 11.5 Å². The maximum absolute atomic E-state index is 6.39. The van der Waals surface area contributed by atoms with Crippen molar-refractivity contribution in [2.45, 2.75) is 32.4 Å². The van der Waals surface area contributed by atoms with E-state index in [0.29, 0.717) is 24.4 Å². The standard InChI is InChI=1S/C20H20ClN3O/c1-14-8-10-15(11-9-14)20-23-22-19(25-20)13-24-12-4-7-18(24)16-5-2-3-6-17(16)21/h2-3,5-6,8-11,18H,4,7,12-13H2,1H3. The summed E-state index contributed by atoms with van der Waals surface area (Å²) in [6, 6.07) is 16.5. The molecular weight excluding hydrogens is 334 g/mol. The lowest BCUT2D eigenvalue weighted by Gasteiger charge is -2.23. The Labute approximate surface area is 152 Å². The molecule has 1 aliphatic heterocycles. The number of likely N-dealkylation sites (tertiary alicyclic amines) is 1. The van der Waals surface area contributed by atoms with Gasteiger partial charge >= 0.3 is 0 Å². The van der Waals surface area contributed by atoms with Crippen LogP contribution in [-0.2, 0) is 6.54 Å². The minimum absolute atomic E-state index is 0.309. The van der Waals surface area contributed by atoms with Gasteiger partial charge in [0.2, 0.25) is 11.8 Å². The normalized spacial score (nSPS) is 17.9. The van der Waals surface area contributed by atoms with Crippen LogP contribution in [0.1, 0.15) is 35.9 Å². The van der Waals surface area contributed by atoms with Crippen LogP contribution >= 0.6 is 11.6 Å². The van der Waals surface area contributed by atoms with Crippen LogP contribution in [0.3, 0.4) is 0 Å². The zero-order valence-electron chi connectivity index (χ0n) is 14.2. The quantitative estimate of drug-likeness (QED) is 0.659. The molecule has 2 aromatic carbocycles. The number of aromatic nitrogens is 2. The van der Waals surface area contributed by atoms with E-state index in [0.717, 1.165) is 30.0 Å². The highest BCUT2D eigenvalue weighted by molar-refractivity contribution is 6.31. The Bertz CT molecular complexity index is 859. The first-order chi connectivity index (χ1) is 12.2. The molecule has 2 heterocycles. The fourth-order valence-electron chi connectivity index (χ4n) is 3.42. The largest absolute Gasteiger partial charge is 0.419 e. The Morgan fingerprint density at radius 2 is 1.92 bits per heavy atom. The Morgan fingerprint density at radius 1 is 1.12 bits per heavy atom. The van der Waals surface area contributed by atoms with Crippen LogP contribution in [0.15, 0.2) is 52.9 Å². The predicted octanol–water partition coefficient (Wildman–Crippen LogP) is 5.04. The molecule has 0 amide bonds. The van der Waals surface area contributed by atoms with Crippen molar-refractivity contribution >= 4 is 11.6 Å². The van der Waals surface area contributed by atoms with E-state index in [2.05, 4.69) is 28.1 Å². The molecule has 1 unspecified atom stereocenters. The van der Waals surface area contributed by atoms with Crippen molar-refractivity contribution < 1.29 is 4.42 Å². The number of benzene rings is 2. The Morgan fingerprint density at radius 3 is 2.72 bits per heavy atom. The van der Waals surface area contributed by atoms with Gasteiger partial charge in [0.15, 0.2) is 0 Å². The molecular formula is C20H20ClN3O. The van der Waals surface area contributed by atoms with E-state index in [1.165, 1.54) is 11.1 Å². The van der Waals surface area contributed by atoms with Gasteiger partial charge in [-0.05, 0) is 50.1 Å². The van der Waals surface area contributed by atoms with Gasteiger partial charge in [0.1, 0.15) is 0 Å². The third kappa shape index (κ3) is 3.46. The van der Waals surface area contributed by atoms with E-state index in [1.807, 2.05) is 42.5 Å². The van der Waals surface area contributed by atoms with Crippen LogP contribution in [0.5, 0.6) is 0 Å². The molecule has 0 bridgehead atoms. The molecule has 1 aliphatic rings. The molecule has 4 nitrogen and oxygen atoms in total. The first-order valence-electron chi connectivity index (χ1n) is 8.58. The molecule has 0 radical (unpaired) electrons. The first-order valence-corrected chi connectivity index (χ1v) is 8.96. The Balaban J connectivity index is 1.52. The summed E-state index contributed by atoms with van der Waals surface area (Å²) in [5.41, 5.74) is 3.34. The number of aryl methyl sites for hydroxylation is 1. The van der Waals surface area contributed by atoms with Crippen LogP contribution < -0.4 is 0 Å². The summed E-state index contributed by atoms with van der Waals surface area (Å²) in [4.78, 5) is 2.37. The zero-order chi connectivity index (χ0) is 17.2. The summed E-state index contributed by atoms with van der Waals surface area (Å²) in [7, 11) is 0. The Hall–Kier alpha value is -2.17. The molecule has 1 aromatic heterocycles. The topological polar surface area (TPSA) is 42.2 Å². The van der Waals surface area contributed by atoms with Crippen LogP contribution in [-0.4, -0.2) is 21.6 Å². The zero-order valence-corrected chi connectivity index (χ0v) is 14.9. The minimum Gasteiger partial charge on any atom is -0.419 e. The summed E-state index contributed by atoms with van der Waals surface area (Å²) in [6.07, 6.45) is 2.25. The maximum Gasteiger partial charge on any atom is 0.247 e. The second-order valence-corrected chi connectivity index (χ2v) is 6.92. The highest BCUT2D eigenvalue weighted by atomic mass is 35.5. The van der Waals surface area contributed by atoms with E-state index in [-0.39, 0.29) is 0 Å². The fraction of sp³-hybridized carbons (Fsp3) is 0.300. The third-order valence-electron chi connectivity index (χ3n) is 4.73. The lowest BCUT2D eigenvalue weighted by atomic mass is 10.0. The minimum atomic E-state index is 0.309. The van der Waals surface area contributed by atoms with E-state index < -0.39 is 0 Å². The number of hydrogen-bond donors (Lipinski definition) is 0. The monoisotopic (exact) mass is 353 g/mol. The van der Waals surface area contributed by atoms with Crippen molar-refractivity contribution in [3.63, 3.8) is 0 Å². The average Bonchev–Trinajstić information content (AvgIpc) is 3.26. The van der Waals surface area contributed by atoms with Crippen molar-refractivity contribution in [1.82, 2.24) is 15.1 Å². The molecule has 0 saturated carbocycles. The van der Waals surface area contributed by atoms with Gasteiger partial charge in [-0.25, -0.2) is 0 Å². The molecule has 25 heavy (non-hydrogen) atoms. The summed E-state index contributed by atoms with van der Waals surface area (Å²) in [5, 5.41) is 9.27. The molecule has 128 valence electrons. The second-order valence-electron chi connectivity index (χ2n) is 6.52. The van der Waals surface area contributed by atoms with Crippen molar-refractivity contribution in [3.05, 3.63) is 70.6 Å². The predicted molar refractivity (Wildman–Crippen MR) is 98.3 cm³/mol. The lowest BCUT2D eigenvalue weighted by molar-refractivity contribution is 0.224. The highest BCUT2D eigenvalue weighted by Crippen LogP contribution is 2.36. The molecule has 1 fully saturated rings. The average molecular weight is 354 g/mol. The maximum atomic E-state index is 6.39. The van der Waals surface area contributed by atoms with Gasteiger partial charge < -0.3 is 4.42 Å². The second kappa shape index (κ2) is 6.98. The SMILES string of the molecule is Cc1ccc(-c2nnc(CN3CCCC3c3ccccc3Cl)o2)cc1. The van der Waals surface area contributed by atoms with E-state index in [4.69, 9.17) is 16.0 Å². The fourth-order valence-corrected chi connectivity index (χ4v) is 3.68. The molecule has 0 spiro atoms. The molecule has 0 N–H and O–H groups in total. The van der Waals surface area contributed by atoms with Crippen LogP contribution in [0.2, 0.25) is 5.02 Å². The molecule has 1 atom stereocenters. The molecule has 4 rings (SSSR count). The molecule has 3 aromatic rings. The van der Waals surface area contributed by atoms with Gasteiger partial charge in [-0.15, -0.1) is 10.2 Å². The summed E-state index contributed by atoms with van der Waals surface area (Å²) in [6.45, 7) is 3.72. The first kappa shape index (κ1) is 16.3. The summed E-state index contributed by atoms with van der Waals surface area (Å²) in [5.74, 6) is 1.22. The molecule has 0 aliphatic carbocycles. The van der Waals surface area contributed by atoms with Gasteiger partial charge in [-0.3, -0.25) is 4.90 Å². The number of nitrogens with zero attached hydrogens (tertiary/aromatic N) is 3. The van der Waals surface area contributed by atoms with Gasteiger partial charge in [-0.2, -0.15) is 0 Å². The van der Waals surface area contributed by atoms with E-state index in [9.17, 15) is 0 Å². The van der Waals surface area contributed by atoms with Crippen LogP contribution in [0, 0.1) is 6.92 Å². The van der Waals surface area contributed by atoms with Crippen molar-refractivity contribution in [1.29, 1.82) is 0 Å². The summed E-state index contributed by atoms with van der Waals surface area (Å²) >= 11 is 6.39. The molecule has 1 saturated heterocycles. The van der Waals surface area contributed by atoms with E-state index in [1.54, 1.807) is 0 Å². The number of hydrogen-bond acceptors (Lipinski definition) is 4. The molecule has 5 heteroatoms. The van der Waals surface area contributed by atoms with Crippen LogP contribution in [0.4, 0.5) is 0 Å². The highest BCUT2D eigenvalue weighted by Gasteiger charge is 2.28. The summed E-state index contributed by atoms with van der Waals surface area (Å²) < 4.78 is 5.89. The van der Waals surface area contributed by atoms with Gasteiger partial charge in [0.25, 0.3) is 0 Å². The van der Waals surface area contributed by atoms with Gasteiger partial charge in [-0.1, -0.05) is 47.5 Å². The number of halogens is 1. The Kier molecular flexibility index (Phi) is 4.55.